The van der Waals surface area contributed by atoms with Crippen LogP contribution in [-0.4, -0.2) is 32.1 Å². The van der Waals surface area contributed by atoms with E-state index in [0.717, 1.165) is 0 Å². The number of hydrogen-bond acceptors (Lipinski definition) is 5. The quantitative estimate of drug-likeness (QED) is 0.435. The first-order valence-corrected chi connectivity index (χ1v) is 6.68. The molecule has 2 rings (SSSR count). The fraction of sp³-hybridized carbons (Fsp3) is 0.467. The zero-order chi connectivity index (χ0) is 14.5. The van der Waals surface area contributed by atoms with Gasteiger partial charge in [-0.15, -0.1) is 0 Å². The summed E-state index contributed by atoms with van der Waals surface area (Å²) in [5.74, 6) is 0.0845. The van der Waals surface area contributed by atoms with Gasteiger partial charge in [-0.1, -0.05) is 0 Å². The maximum atomic E-state index is 11.9. The van der Waals surface area contributed by atoms with Gasteiger partial charge in [-0.05, 0) is 43.9 Å². The molecule has 1 fully saturated rings. The van der Waals surface area contributed by atoms with Gasteiger partial charge in [0.05, 0.1) is 20.3 Å². The molecule has 0 N–H and O–H groups in total. The van der Waals surface area contributed by atoms with Crippen molar-refractivity contribution in [3.63, 3.8) is 0 Å². The first-order valence-electron chi connectivity index (χ1n) is 6.68. The van der Waals surface area contributed by atoms with Gasteiger partial charge in [-0.3, -0.25) is 4.79 Å². The van der Waals surface area contributed by atoms with Crippen molar-refractivity contribution in [1.29, 1.82) is 0 Å². The van der Waals surface area contributed by atoms with Gasteiger partial charge in [-0.25, -0.2) is 4.79 Å². The molecule has 1 aromatic rings. The van der Waals surface area contributed by atoms with E-state index >= 15 is 0 Å². The Kier molecular flexibility index (Phi) is 4.61. The van der Waals surface area contributed by atoms with Crippen molar-refractivity contribution in [2.75, 3.05) is 20.3 Å². The van der Waals surface area contributed by atoms with Crippen molar-refractivity contribution in [2.24, 2.45) is 5.92 Å². The lowest BCUT2D eigenvalue weighted by molar-refractivity contribution is -0.137. The maximum Gasteiger partial charge on any atom is 0.379 e. The summed E-state index contributed by atoms with van der Waals surface area (Å²) in [5.41, 5.74) is 0.245. The van der Waals surface area contributed by atoms with Crippen molar-refractivity contribution in [2.45, 2.75) is 19.8 Å². The minimum atomic E-state index is -0.856. The predicted molar refractivity (Wildman–Crippen MR) is 72.2 cm³/mol. The largest absolute Gasteiger partial charge is 0.493 e. The normalized spacial score (nSPS) is 13.7. The average molecular weight is 278 g/mol. The van der Waals surface area contributed by atoms with Gasteiger partial charge in [-0.2, -0.15) is 0 Å². The smallest absolute Gasteiger partial charge is 0.379 e. The number of benzene rings is 1. The number of esters is 1. The topological polar surface area (TPSA) is 61.8 Å². The van der Waals surface area contributed by atoms with Crippen LogP contribution in [0.3, 0.4) is 0 Å². The fourth-order valence-corrected chi connectivity index (χ4v) is 1.74. The Labute approximate surface area is 117 Å². The van der Waals surface area contributed by atoms with E-state index in [-0.39, 0.29) is 12.2 Å². The molecular formula is C15H18O5. The van der Waals surface area contributed by atoms with Gasteiger partial charge in [0.15, 0.2) is 11.5 Å². The minimum absolute atomic E-state index is 0.172. The number of carbonyl (C=O) groups is 2. The van der Waals surface area contributed by atoms with Crippen LogP contribution in [0.5, 0.6) is 11.5 Å². The maximum absolute atomic E-state index is 11.9. The van der Waals surface area contributed by atoms with Crippen molar-refractivity contribution in [3.05, 3.63) is 23.8 Å². The summed E-state index contributed by atoms with van der Waals surface area (Å²) in [6, 6.07) is 4.68. The molecule has 1 aliphatic rings. The molecular weight excluding hydrogens is 260 g/mol. The Bertz CT molecular complexity index is 505. The molecule has 0 saturated heterocycles. The third kappa shape index (κ3) is 3.50. The summed E-state index contributed by atoms with van der Waals surface area (Å²) in [5, 5.41) is 0. The van der Waals surface area contributed by atoms with E-state index in [4.69, 9.17) is 14.2 Å². The van der Waals surface area contributed by atoms with Crippen LogP contribution in [0.25, 0.3) is 0 Å². The predicted octanol–water partition coefficient (Wildman–Crippen LogP) is 2.23. The zero-order valence-electron chi connectivity index (χ0n) is 11.7. The van der Waals surface area contributed by atoms with Crippen LogP contribution in [0.1, 0.15) is 30.1 Å². The van der Waals surface area contributed by atoms with Crippen LogP contribution < -0.4 is 9.47 Å². The van der Waals surface area contributed by atoms with E-state index < -0.39 is 11.8 Å². The summed E-state index contributed by atoms with van der Waals surface area (Å²) in [7, 11) is 1.53. The molecule has 0 aliphatic heterocycles. The standard InChI is InChI=1S/C15H18O5/c1-3-19-15(17)14(16)11-6-7-12(18-2)13(8-11)20-9-10-4-5-10/h6-8,10H,3-5,9H2,1-2H3. The lowest BCUT2D eigenvalue weighted by Gasteiger charge is -2.11. The van der Waals surface area contributed by atoms with Gasteiger partial charge in [0.25, 0.3) is 5.78 Å². The number of Topliss-reactive ketones (excluding diaryl/α,β-unsaturated/α-hetero) is 1. The van der Waals surface area contributed by atoms with Gasteiger partial charge in [0, 0.05) is 5.56 Å². The molecule has 0 atom stereocenters. The second-order valence-electron chi connectivity index (χ2n) is 4.67. The lowest BCUT2D eigenvalue weighted by atomic mass is 10.1. The van der Waals surface area contributed by atoms with Crippen LogP contribution in [-0.2, 0) is 9.53 Å². The molecule has 1 aliphatic carbocycles. The van der Waals surface area contributed by atoms with Crippen molar-refractivity contribution < 1.29 is 23.8 Å². The van der Waals surface area contributed by atoms with E-state index in [0.29, 0.717) is 24.0 Å². The zero-order valence-corrected chi connectivity index (χ0v) is 11.7. The van der Waals surface area contributed by atoms with Crippen LogP contribution in [0, 0.1) is 5.92 Å². The molecule has 1 aromatic carbocycles. The molecule has 5 heteroatoms. The molecule has 1 saturated carbocycles. The molecule has 0 amide bonds. The summed E-state index contributed by atoms with van der Waals surface area (Å²) >= 11 is 0. The number of ether oxygens (including phenoxy) is 3. The van der Waals surface area contributed by atoms with Crippen molar-refractivity contribution in [3.8, 4) is 11.5 Å². The van der Waals surface area contributed by atoms with Crippen LogP contribution in [0.15, 0.2) is 18.2 Å². The van der Waals surface area contributed by atoms with Crippen LogP contribution in [0.4, 0.5) is 0 Å². The molecule has 108 valence electrons. The van der Waals surface area contributed by atoms with Gasteiger partial charge < -0.3 is 14.2 Å². The highest BCUT2D eigenvalue weighted by Gasteiger charge is 2.24. The molecule has 0 bridgehead atoms. The Hall–Kier alpha value is -2.04. The first-order chi connectivity index (χ1) is 9.65. The van der Waals surface area contributed by atoms with Gasteiger partial charge >= 0.3 is 5.97 Å². The molecule has 0 aromatic heterocycles. The van der Waals surface area contributed by atoms with E-state index in [1.807, 2.05) is 0 Å². The molecule has 0 radical (unpaired) electrons. The number of ketones is 1. The summed E-state index contributed by atoms with van der Waals surface area (Å²) in [6.07, 6.45) is 2.34. The molecule has 0 unspecified atom stereocenters. The monoisotopic (exact) mass is 278 g/mol. The minimum Gasteiger partial charge on any atom is -0.493 e. The number of hydrogen-bond donors (Lipinski definition) is 0. The summed E-state index contributed by atoms with van der Waals surface area (Å²) in [6.45, 7) is 2.43. The third-order valence-electron chi connectivity index (χ3n) is 3.06. The summed E-state index contributed by atoms with van der Waals surface area (Å²) < 4.78 is 15.5. The van der Waals surface area contributed by atoms with Crippen molar-refractivity contribution in [1.82, 2.24) is 0 Å². The summed E-state index contributed by atoms with van der Waals surface area (Å²) in [4.78, 5) is 23.3. The first kappa shape index (κ1) is 14.4. The highest BCUT2D eigenvalue weighted by Crippen LogP contribution is 2.33. The molecule has 5 nitrogen and oxygen atoms in total. The Morgan fingerprint density at radius 1 is 1.25 bits per heavy atom. The van der Waals surface area contributed by atoms with E-state index in [1.165, 1.54) is 32.1 Å². The highest BCUT2D eigenvalue weighted by atomic mass is 16.5. The number of rotatable bonds is 7. The second kappa shape index (κ2) is 6.41. The fourth-order valence-electron chi connectivity index (χ4n) is 1.74. The van der Waals surface area contributed by atoms with Gasteiger partial charge in [0.2, 0.25) is 0 Å². The molecule has 0 spiro atoms. The lowest BCUT2D eigenvalue weighted by Crippen LogP contribution is -2.17. The average Bonchev–Trinajstić information content (AvgIpc) is 3.28. The number of methoxy groups -OCH3 is 1. The SMILES string of the molecule is CCOC(=O)C(=O)c1ccc(OC)c(OCC2CC2)c1. The Morgan fingerprint density at radius 2 is 2.00 bits per heavy atom. The van der Waals surface area contributed by atoms with Crippen molar-refractivity contribution >= 4 is 11.8 Å². The Balaban J connectivity index is 2.14. The second-order valence-corrected chi connectivity index (χ2v) is 4.67. The highest BCUT2D eigenvalue weighted by molar-refractivity contribution is 6.40. The van der Waals surface area contributed by atoms with Gasteiger partial charge in [0.1, 0.15) is 0 Å². The van der Waals surface area contributed by atoms with E-state index in [1.54, 1.807) is 13.0 Å². The van der Waals surface area contributed by atoms with E-state index in [2.05, 4.69) is 0 Å². The van der Waals surface area contributed by atoms with E-state index in [9.17, 15) is 9.59 Å². The molecule has 0 heterocycles. The molecule has 20 heavy (non-hydrogen) atoms. The van der Waals surface area contributed by atoms with Crippen LogP contribution in [0.2, 0.25) is 0 Å². The third-order valence-corrected chi connectivity index (χ3v) is 3.06. The van der Waals surface area contributed by atoms with Crippen LogP contribution >= 0.6 is 0 Å². The number of carbonyl (C=O) groups excluding carboxylic acids is 2. The Morgan fingerprint density at radius 3 is 2.60 bits per heavy atom.